The van der Waals surface area contributed by atoms with Gasteiger partial charge < -0.3 is 33.0 Å². The molecule has 4 aromatic rings. The fourth-order valence-electron chi connectivity index (χ4n) is 5.23. The molecule has 208 valence electrons. The van der Waals surface area contributed by atoms with Crippen LogP contribution in [0.25, 0.3) is 11.0 Å². The van der Waals surface area contributed by atoms with E-state index >= 15 is 0 Å². The molecule has 40 heavy (non-hydrogen) atoms. The zero-order chi connectivity index (χ0) is 28.4. The number of ether oxygens (including phenoxy) is 5. The number of benzene rings is 3. The molecule has 0 bridgehead atoms. The zero-order valence-corrected chi connectivity index (χ0v) is 23.1. The number of amides is 1. The van der Waals surface area contributed by atoms with E-state index in [1.807, 2.05) is 31.2 Å². The Labute approximate surface area is 231 Å². The number of hydrogen-bond donors (Lipinski definition) is 0. The lowest BCUT2D eigenvalue weighted by Gasteiger charge is -2.38. The highest BCUT2D eigenvalue weighted by atomic mass is 16.5. The van der Waals surface area contributed by atoms with Crippen molar-refractivity contribution in [3.8, 4) is 28.7 Å². The van der Waals surface area contributed by atoms with Crippen molar-refractivity contribution in [2.24, 2.45) is 0 Å². The first-order valence-electron chi connectivity index (χ1n) is 12.8. The van der Waals surface area contributed by atoms with Gasteiger partial charge in [0.1, 0.15) is 35.0 Å². The Balaban J connectivity index is 1.56. The van der Waals surface area contributed by atoms with E-state index in [1.54, 1.807) is 43.4 Å². The van der Waals surface area contributed by atoms with E-state index < -0.39 is 11.7 Å². The molecule has 1 amide bonds. The first-order chi connectivity index (χ1) is 19.4. The molecule has 3 aromatic carbocycles. The highest BCUT2D eigenvalue weighted by molar-refractivity contribution is 6.00. The van der Waals surface area contributed by atoms with E-state index in [2.05, 4.69) is 0 Å². The van der Waals surface area contributed by atoms with Gasteiger partial charge in [-0.2, -0.15) is 0 Å². The summed E-state index contributed by atoms with van der Waals surface area (Å²) in [6.07, 6.45) is 0.607. The summed E-state index contributed by atoms with van der Waals surface area (Å²) in [6.45, 7) is 2.42. The largest absolute Gasteiger partial charge is 0.496 e. The number of carbonyl (C=O) groups excluding carboxylic acids is 1. The van der Waals surface area contributed by atoms with Crippen LogP contribution in [0.4, 0.5) is 0 Å². The standard InChI is InChI=1S/C31H31NO8/c1-18-13-29(33)40-26-15-20(9-10-21(18)26)39-17-23-22-16-28(38-5)27(37-4)14-19(22)11-12-32(23)31(34)30-24(35-2)7-6-8-25(30)36-3/h6-10,13-16,23H,11-12,17H2,1-5H3. The maximum Gasteiger partial charge on any atom is 0.336 e. The van der Waals surface area contributed by atoms with E-state index in [1.165, 1.54) is 20.3 Å². The van der Waals surface area contributed by atoms with Crippen LogP contribution in [-0.4, -0.2) is 52.4 Å². The molecule has 5 rings (SSSR count). The van der Waals surface area contributed by atoms with Gasteiger partial charge in [-0.3, -0.25) is 4.79 Å². The van der Waals surface area contributed by atoms with Gasteiger partial charge in [0.15, 0.2) is 11.5 Å². The number of rotatable bonds is 8. The molecule has 1 unspecified atom stereocenters. The first-order valence-corrected chi connectivity index (χ1v) is 12.8. The molecule has 0 N–H and O–H groups in total. The van der Waals surface area contributed by atoms with Gasteiger partial charge in [0.25, 0.3) is 5.91 Å². The molecule has 0 radical (unpaired) electrons. The molecule has 1 aliphatic rings. The number of fused-ring (bicyclic) bond motifs is 2. The number of hydrogen-bond acceptors (Lipinski definition) is 8. The fourth-order valence-corrected chi connectivity index (χ4v) is 5.23. The first kappa shape index (κ1) is 26.9. The van der Waals surface area contributed by atoms with Crippen LogP contribution in [0.5, 0.6) is 28.7 Å². The third-order valence-corrected chi connectivity index (χ3v) is 7.24. The Bertz CT molecular complexity index is 1600. The summed E-state index contributed by atoms with van der Waals surface area (Å²) in [5, 5.41) is 0.826. The summed E-state index contributed by atoms with van der Waals surface area (Å²) in [5.41, 5.74) is 3.08. The SMILES string of the molecule is COc1cc2c(cc1OC)C(COc1ccc3c(C)cc(=O)oc3c1)N(C(=O)c1c(OC)cccc1OC)CC2. The summed E-state index contributed by atoms with van der Waals surface area (Å²) in [5.74, 6) is 2.27. The van der Waals surface area contributed by atoms with Crippen molar-refractivity contribution in [2.45, 2.75) is 19.4 Å². The van der Waals surface area contributed by atoms with E-state index in [4.69, 9.17) is 28.1 Å². The molecular weight excluding hydrogens is 514 g/mol. The van der Waals surface area contributed by atoms with Crippen LogP contribution in [0.3, 0.4) is 0 Å². The third-order valence-electron chi connectivity index (χ3n) is 7.24. The predicted molar refractivity (Wildman–Crippen MR) is 149 cm³/mol. The van der Waals surface area contributed by atoms with Crippen LogP contribution in [0.15, 0.2) is 63.8 Å². The quantitative estimate of drug-likeness (QED) is 0.287. The van der Waals surface area contributed by atoms with Crippen molar-refractivity contribution in [1.82, 2.24) is 4.90 Å². The molecule has 1 atom stereocenters. The number of methoxy groups -OCH3 is 4. The molecule has 0 fully saturated rings. The second-order valence-corrected chi connectivity index (χ2v) is 9.43. The maximum absolute atomic E-state index is 14.1. The zero-order valence-electron chi connectivity index (χ0n) is 23.1. The molecule has 1 aromatic heterocycles. The summed E-state index contributed by atoms with van der Waals surface area (Å²) in [4.78, 5) is 27.8. The normalized spacial score (nSPS) is 14.4. The Morgan fingerprint density at radius 1 is 0.900 bits per heavy atom. The van der Waals surface area contributed by atoms with Crippen molar-refractivity contribution in [2.75, 3.05) is 41.6 Å². The van der Waals surface area contributed by atoms with E-state index in [0.29, 0.717) is 52.9 Å². The average Bonchev–Trinajstić information content (AvgIpc) is 2.97. The van der Waals surface area contributed by atoms with Gasteiger partial charge in [-0.05, 0) is 66.4 Å². The van der Waals surface area contributed by atoms with Crippen LogP contribution < -0.4 is 29.3 Å². The summed E-state index contributed by atoms with van der Waals surface area (Å²) in [7, 11) is 6.21. The number of aryl methyl sites for hydroxylation is 1. The molecule has 0 aliphatic carbocycles. The molecular formula is C31H31NO8. The molecule has 9 heteroatoms. The number of carbonyl (C=O) groups is 1. The number of nitrogens with zero attached hydrogens (tertiary/aromatic N) is 1. The van der Waals surface area contributed by atoms with Gasteiger partial charge in [-0.15, -0.1) is 0 Å². The Morgan fingerprint density at radius 3 is 2.25 bits per heavy atom. The Hall–Kier alpha value is -4.66. The van der Waals surface area contributed by atoms with Gasteiger partial charge in [0.05, 0.1) is 34.5 Å². The molecule has 0 saturated carbocycles. The minimum absolute atomic E-state index is 0.132. The van der Waals surface area contributed by atoms with Gasteiger partial charge in [-0.25, -0.2) is 4.79 Å². The average molecular weight is 546 g/mol. The topological polar surface area (TPSA) is 96.7 Å². The molecule has 0 saturated heterocycles. The maximum atomic E-state index is 14.1. The Kier molecular flexibility index (Phi) is 7.55. The van der Waals surface area contributed by atoms with Crippen LogP contribution in [0.1, 0.15) is 33.1 Å². The second-order valence-electron chi connectivity index (χ2n) is 9.43. The van der Waals surface area contributed by atoms with Crippen LogP contribution in [-0.2, 0) is 6.42 Å². The lowest BCUT2D eigenvalue weighted by atomic mass is 9.91. The fraction of sp³-hybridized carbons (Fsp3) is 0.290. The smallest absolute Gasteiger partial charge is 0.336 e. The van der Waals surface area contributed by atoms with Crippen molar-refractivity contribution in [3.63, 3.8) is 0 Å². The molecule has 1 aliphatic heterocycles. The summed E-state index contributed by atoms with van der Waals surface area (Å²) >= 11 is 0. The monoisotopic (exact) mass is 545 g/mol. The minimum atomic E-state index is -0.481. The van der Waals surface area contributed by atoms with Crippen molar-refractivity contribution >= 4 is 16.9 Å². The van der Waals surface area contributed by atoms with Crippen LogP contribution >= 0.6 is 0 Å². The van der Waals surface area contributed by atoms with Crippen LogP contribution in [0, 0.1) is 6.92 Å². The minimum Gasteiger partial charge on any atom is -0.496 e. The van der Waals surface area contributed by atoms with Gasteiger partial charge in [0, 0.05) is 24.1 Å². The van der Waals surface area contributed by atoms with E-state index in [-0.39, 0.29) is 12.5 Å². The summed E-state index contributed by atoms with van der Waals surface area (Å²) < 4.78 is 33.8. The van der Waals surface area contributed by atoms with E-state index in [0.717, 1.165) is 22.1 Å². The highest BCUT2D eigenvalue weighted by Gasteiger charge is 2.35. The molecule has 2 heterocycles. The van der Waals surface area contributed by atoms with Crippen molar-refractivity contribution in [3.05, 3.63) is 87.3 Å². The molecule has 9 nitrogen and oxygen atoms in total. The highest BCUT2D eigenvalue weighted by Crippen LogP contribution is 2.40. The third kappa shape index (κ3) is 4.90. The lowest BCUT2D eigenvalue weighted by molar-refractivity contribution is 0.0582. The van der Waals surface area contributed by atoms with Gasteiger partial charge >= 0.3 is 5.63 Å². The van der Waals surface area contributed by atoms with Gasteiger partial charge in [-0.1, -0.05) is 6.07 Å². The van der Waals surface area contributed by atoms with Crippen molar-refractivity contribution < 1.29 is 32.9 Å². The predicted octanol–water partition coefficient (Wildman–Crippen LogP) is 4.95. The molecule has 0 spiro atoms. The lowest BCUT2D eigenvalue weighted by Crippen LogP contribution is -2.42. The van der Waals surface area contributed by atoms with Crippen molar-refractivity contribution in [1.29, 1.82) is 0 Å². The Morgan fingerprint density at radius 2 is 1.57 bits per heavy atom. The summed E-state index contributed by atoms with van der Waals surface area (Å²) in [6, 6.07) is 15.4. The second kappa shape index (κ2) is 11.2. The van der Waals surface area contributed by atoms with Crippen LogP contribution in [0.2, 0.25) is 0 Å². The van der Waals surface area contributed by atoms with Gasteiger partial charge in [0.2, 0.25) is 0 Å². The van der Waals surface area contributed by atoms with E-state index in [9.17, 15) is 9.59 Å².